The van der Waals surface area contributed by atoms with E-state index in [4.69, 9.17) is 0 Å². The van der Waals surface area contributed by atoms with Crippen molar-refractivity contribution < 1.29 is 9.18 Å². The number of carbonyl (C=O) groups excluding carboxylic acids is 1. The Balaban J connectivity index is 1.71. The first-order valence-corrected chi connectivity index (χ1v) is 11.6. The van der Waals surface area contributed by atoms with Crippen molar-refractivity contribution in [2.24, 2.45) is 5.92 Å². The van der Waals surface area contributed by atoms with Crippen LogP contribution < -0.4 is 21.3 Å². The maximum Gasteiger partial charge on any atom is 0.237 e. The molecule has 1 heterocycles. The van der Waals surface area contributed by atoms with E-state index >= 15 is 0 Å². The van der Waals surface area contributed by atoms with Gasteiger partial charge in [-0.05, 0) is 57.9 Å². The van der Waals surface area contributed by atoms with Crippen molar-refractivity contribution in [2.75, 3.05) is 24.2 Å². The third-order valence-electron chi connectivity index (χ3n) is 5.67. The molecule has 0 spiro atoms. The Kier molecular flexibility index (Phi) is 9.02. The van der Waals surface area contributed by atoms with Crippen molar-refractivity contribution in [3.8, 4) is 11.8 Å². The predicted molar refractivity (Wildman–Crippen MR) is 130 cm³/mol. The Morgan fingerprint density at radius 2 is 2.18 bits per heavy atom. The van der Waals surface area contributed by atoms with E-state index in [1.165, 1.54) is 12.1 Å². The average molecular weight is 453 g/mol. The summed E-state index contributed by atoms with van der Waals surface area (Å²) < 4.78 is 13.5. The summed E-state index contributed by atoms with van der Waals surface area (Å²) in [5.41, 5.74) is 1.31. The molecule has 0 aliphatic heterocycles. The molecular weight excluding hydrogens is 419 g/mol. The van der Waals surface area contributed by atoms with Gasteiger partial charge in [-0.1, -0.05) is 31.3 Å². The maximum absolute atomic E-state index is 13.5. The summed E-state index contributed by atoms with van der Waals surface area (Å²) in [6, 6.07) is 6.11. The number of hydrogen-bond donors (Lipinski definition) is 4. The van der Waals surface area contributed by atoms with Gasteiger partial charge in [-0.2, -0.15) is 4.98 Å². The SMILES string of the molecule is CCCNc1nc(Nc2cccc(F)c2)ncc1C#C[C@@H]1CCC[C@H](NC(=O)C(C)NC)C1. The molecule has 8 heteroatoms. The second-order valence-corrected chi connectivity index (χ2v) is 8.37. The fourth-order valence-electron chi connectivity index (χ4n) is 3.70. The topological polar surface area (TPSA) is 91.0 Å². The van der Waals surface area contributed by atoms with Crippen LogP contribution in [-0.4, -0.2) is 41.6 Å². The first-order valence-electron chi connectivity index (χ1n) is 11.6. The third-order valence-corrected chi connectivity index (χ3v) is 5.67. The molecule has 1 aliphatic carbocycles. The van der Waals surface area contributed by atoms with Gasteiger partial charge in [-0.3, -0.25) is 4.79 Å². The average Bonchev–Trinajstić information content (AvgIpc) is 2.81. The van der Waals surface area contributed by atoms with Crippen LogP contribution in [0.15, 0.2) is 30.5 Å². The molecule has 1 aliphatic rings. The molecule has 3 rings (SSSR count). The molecule has 1 saturated carbocycles. The molecule has 1 aromatic heterocycles. The minimum absolute atomic E-state index is 0.0250. The first kappa shape index (κ1) is 24.5. The molecule has 3 atom stereocenters. The van der Waals surface area contributed by atoms with Gasteiger partial charge in [0.1, 0.15) is 11.6 Å². The number of nitrogens with one attached hydrogen (secondary N) is 4. The third kappa shape index (κ3) is 7.43. The lowest BCUT2D eigenvalue weighted by molar-refractivity contribution is -0.123. The van der Waals surface area contributed by atoms with Gasteiger partial charge in [0.15, 0.2) is 0 Å². The van der Waals surface area contributed by atoms with Gasteiger partial charge < -0.3 is 21.3 Å². The van der Waals surface area contributed by atoms with Crippen LogP contribution in [0.1, 0.15) is 51.5 Å². The van der Waals surface area contributed by atoms with Crippen molar-refractivity contribution in [1.29, 1.82) is 0 Å². The number of hydrogen-bond acceptors (Lipinski definition) is 6. The summed E-state index contributed by atoms with van der Waals surface area (Å²) in [6.45, 7) is 4.69. The second-order valence-electron chi connectivity index (χ2n) is 8.37. The molecule has 4 N–H and O–H groups in total. The van der Waals surface area contributed by atoms with Crippen LogP contribution in [0.5, 0.6) is 0 Å². The molecule has 0 saturated heterocycles. The highest BCUT2D eigenvalue weighted by Crippen LogP contribution is 2.24. The summed E-state index contributed by atoms with van der Waals surface area (Å²) in [5.74, 6) is 7.56. The molecule has 2 aromatic rings. The Hall–Kier alpha value is -3.18. The zero-order valence-electron chi connectivity index (χ0n) is 19.5. The van der Waals surface area contributed by atoms with Crippen molar-refractivity contribution in [3.63, 3.8) is 0 Å². The standard InChI is InChI=1S/C25H33FN6O/c1-4-13-28-23-19(16-29-25(32-23)31-22-10-6-8-20(26)15-22)12-11-18-7-5-9-21(14-18)30-24(33)17(2)27-3/h6,8,10,15-18,21,27H,4-5,7,9,13-14H2,1-3H3,(H,30,33)(H2,28,29,31,32)/t17?,18-,21-/m0/s1. The monoisotopic (exact) mass is 452 g/mol. The van der Waals surface area contributed by atoms with Gasteiger partial charge in [-0.25, -0.2) is 9.37 Å². The quantitative estimate of drug-likeness (QED) is 0.455. The van der Waals surface area contributed by atoms with Crippen LogP contribution in [0.3, 0.4) is 0 Å². The van der Waals surface area contributed by atoms with Crippen molar-refractivity contribution in [2.45, 2.75) is 58.0 Å². The van der Waals surface area contributed by atoms with Crippen molar-refractivity contribution in [3.05, 3.63) is 41.8 Å². The van der Waals surface area contributed by atoms with E-state index in [2.05, 4.69) is 50.0 Å². The number of aromatic nitrogens is 2. The largest absolute Gasteiger partial charge is 0.369 e. The molecule has 0 radical (unpaired) electrons. The molecule has 1 unspecified atom stereocenters. The van der Waals surface area contributed by atoms with Gasteiger partial charge in [0.2, 0.25) is 11.9 Å². The van der Waals surface area contributed by atoms with Crippen LogP contribution in [-0.2, 0) is 4.79 Å². The van der Waals surface area contributed by atoms with Crippen molar-refractivity contribution in [1.82, 2.24) is 20.6 Å². The highest BCUT2D eigenvalue weighted by Gasteiger charge is 2.23. The number of anilines is 3. The van der Waals surface area contributed by atoms with Gasteiger partial charge >= 0.3 is 0 Å². The van der Waals surface area contributed by atoms with E-state index in [-0.39, 0.29) is 29.7 Å². The summed E-state index contributed by atoms with van der Waals surface area (Å²) in [6.07, 6.45) is 6.50. The van der Waals surface area contributed by atoms with Crippen molar-refractivity contribution >= 4 is 23.4 Å². The van der Waals surface area contributed by atoms with E-state index < -0.39 is 0 Å². The van der Waals surface area contributed by atoms with Crippen LogP contribution >= 0.6 is 0 Å². The van der Waals surface area contributed by atoms with Gasteiger partial charge in [0.05, 0.1) is 17.8 Å². The Morgan fingerprint density at radius 1 is 1.33 bits per heavy atom. The van der Waals surface area contributed by atoms with Gasteiger partial charge in [0, 0.05) is 24.2 Å². The molecule has 1 aromatic carbocycles. The lowest BCUT2D eigenvalue weighted by atomic mass is 9.86. The van der Waals surface area contributed by atoms with Crippen LogP contribution in [0, 0.1) is 23.6 Å². The van der Waals surface area contributed by atoms with E-state index in [9.17, 15) is 9.18 Å². The zero-order chi connectivity index (χ0) is 23.6. The molecule has 7 nitrogen and oxygen atoms in total. The van der Waals surface area contributed by atoms with E-state index in [1.807, 2.05) is 6.92 Å². The fourth-order valence-corrected chi connectivity index (χ4v) is 3.70. The summed E-state index contributed by atoms with van der Waals surface area (Å²) in [5, 5.41) is 12.5. The second kappa shape index (κ2) is 12.2. The first-order chi connectivity index (χ1) is 16.0. The highest BCUT2D eigenvalue weighted by atomic mass is 19.1. The zero-order valence-corrected chi connectivity index (χ0v) is 19.5. The van der Waals surface area contributed by atoms with Crippen LogP contribution in [0.4, 0.5) is 21.8 Å². The number of benzene rings is 1. The predicted octanol–water partition coefficient (Wildman–Crippen LogP) is 3.82. The summed E-state index contributed by atoms with van der Waals surface area (Å²) >= 11 is 0. The van der Waals surface area contributed by atoms with E-state index in [1.54, 1.807) is 25.4 Å². The lowest BCUT2D eigenvalue weighted by Gasteiger charge is -2.28. The summed E-state index contributed by atoms with van der Waals surface area (Å²) in [4.78, 5) is 21.1. The molecular formula is C25H33FN6O. The van der Waals surface area contributed by atoms with Gasteiger partial charge in [-0.15, -0.1) is 0 Å². The normalized spacial score (nSPS) is 18.5. The molecule has 33 heavy (non-hydrogen) atoms. The smallest absolute Gasteiger partial charge is 0.237 e. The molecule has 1 fully saturated rings. The lowest BCUT2D eigenvalue weighted by Crippen LogP contribution is -2.46. The number of carbonyl (C=O) groups is 1. The summed E-state index contributed by atoms with van der Waals surface area (Å²) in [7, 11) is 1.78. The number of likely N-dealkylation sites (N-methyl/N-ethyl adjacent to an activating group) is 1. The number of rotatable bonds is 8. The van der Waals surface area contributed by atoms with Gasteiger partial charge in [0.25, 0.3) is 0 Å². The van der Waals surface area contributed by atoms with Crippen LogP contribution in [0.2, 0.25) is 0 Å². The Bertz CT molecular complexity index is 1000. The molecule has 176 valence electrons. The minimum Gasteiger partial charge on any atom is -0.369 e. The number of nitrogens with zero attached hydrogens (tertiary/aromatic N) is 2. The maximum atomic E-state index is 13.5. The molecule has 0 bridgehead atoms. The van der Waals surface area contributed by atoms with Crippen LogP contribution in [0.25, 0.3) is 0 Å². The number of amides is 1. The number of halogens is 1. The van der Waals surface area contributed by atoms with E-state index in [0.717, 1.165) is 44.2 Å². The van der Waals surface area contributed by atoms with E-state index in [0.29, 0.717) is 17.5 Å². The Morgan fingerprint density at radius 3 is 2.94 bits per heavy atom. The fraction of sp³-hybridized carbons (Fsp3) is 0.480. The minimum atomic E-state index is -0.325. The Labute approximate surface area is 195 Å². The highest BCUT2D eigenvalue weighted by molar-refractivity contribution is 5.81. The molecule has 1 amide bonds.